The highest BCUT2D eigenvalue weighted by atomic mass is 32.1. The van der Waals surface area contributed by atoms with Crippen LogP contribution in [-0.4, -0.2) is 24.1 Å². The molecule has 6 nitrogen and oxygen atoms in total. The van der Waals surface area contributed by atoms with Crippen molar-refractivity contribution in [1.29, 1.82) is 0 Å². The van der Waals surface area contributed by atoms with E-state index in [1.165, 1.54) is 47.1 Å². The highest BCUT2D eigenvalue weighted by Gasteiger charge is 2.26. The first kappa shape index (κ1) is 39.4. The van der Waals surface area contributed by atoms with Crippen LogP contribution in [-0.2, 0) is 0 Å². The van der Waals surface area contributed by atoms with Gasteiger partial charge >= 0.3 is 0 Å². The molecule has 0 amide bonds. The van der Waals surface area contributed by atoms with Crippen molar-refractivity contribution >= 4 is 119 Å². The van der Waals surface area contributed by atoms with Gasteiger partial charge in [0.15, 0.2) is 17.5 Å². The molecule has 7 heteroatoms. The van der Waals surface area contributed by atoms with Crippen LogP contribution in [0.15, 0.2) is 229 Å². The number of rotatable bonds is 5. The average molecular weight is 936 g/mol. The topological polar surface area (TPSA) is 61.7 Å². The largest absolute Gasteiger partial charge is 0.455 e. The third-order valence-electron chi connectivity index (χ3n) is 14.7. The third-order valence-corrected chi connectivity index (χ3v) is 15.9. The number of hydrogen-bond donors (Lipinski definition) is 0. The summed E-state index contributed by atoms with van der Waals surface area (Å²) in [5.74, 6) is 1.72. The smallest absolute Gasteiger partial charge is 0.167 e. The first-order valence-electron chi connectivity index (χ1n) is 24.3. The van der Waals surface area contributed by atoms with E-state index in [1.54, 1.807) is 11.3 Å². The molecule has 16 aromatic rings. The van der Waals surface area contributed by atoms with E-state index in [0.29, 0.717) is 23.1 Å². The van der Waals surface area contributed by atoms with Gasteiger partial charge in [0, 0.05) is 63.9 Å². The number of benzene rings is 11. The predicted octanol–water partition coefficient (Wildman–Crippen LogP) is 17.6. The van der Waals surface area contributed by atoms with Crippen LogP contribution in [0, 0.1) is 0 Å². The monoisotopic (exact) mass is 935 g/mol. The molecular formula is C65H37N5OS. The summed E-state index contributed by atoms with van der Waals surface area (Å²) in [4.78, 5) is 16.6. The van der Waals surface area contributed by atoms with E-state index in [9.17, 15) is 0 Å². The minimum Gasteiger partial charge on any atom is -0.455 e. The molecule has 0 radical (unpaired) electrons. The maximum absolute atomic E-state index is 7.11. The fourth-order valence-electron chi connectivity index (χ4n) is 11.6. The van der Waals surface area contributed by atoms with E-state index >= 15 is 0 Å². The number of hydrogen-bond acceptors (Lipinski definition) is 5. The van der Waals surface area contributed by atoms with E-state index in [2.05, 4.69) is 228 Å². The molecule has 334 valence electrons. The van der Waals surface area contributed by atoms with Crippen LogP contribution in [0.1, 0.15) is 0 Å². The molecule has 0 spiro atoms. The lowest BCUT2D eigenvalue weighted by molar-refractivity contribution is 0.669. The molecule has 0 aliphatic rings. The second-order valence-corrected chi connectivity index (χ2v) is 19.8. The molecule has 11 aromatic carbocycles. The van der Waals surface area contributed by atoms with Crippen molar-refractivity contribution in [2.45, 2.75) is 0 Å². The number of fused-ring (bicyclic) bond motifs is 14. The summed E-state index contributed by atoms with van der Waals surface area (Å²) < 4.78 is 14.3. The highest BCUT2D eigenvalue weighted by molar-refractivity contribution is 7.25. The molecule has 0 aliphatic carbocycles. The van der Waals surface area contributed by atoms with Gasteiger partial charge in [-0.15, -0.1) is 11.3 Å². The van der Waals surface area contributed by atoms with Crippen LogP contribution in [0.25, 0.3) is 153 Å². The summed E-state index contributed by atoms with van der Waals surface area (Å²) in [5.41, 5.74) is 10.7. The third kappa shape index (κ3) is 5.68. The zero-order chi connectivity index (χ0) is 47.0. The molecule has 0 atom stereocenters. The molecule has 0 N–H and O–H groups in total. The van der Waals surface area contributed by atoms with Gasteiger partial charge in [-0.3, -0.25) is 0 Å². The van der Waals surface area contributed by atoms with Gasteiger partial charge in [0.25, 0.3) is 0 Å². The Hall–Kier alpha value is -9.43. The molecule has 0 unspecified atom stereocenters. The van der Waals surface area contributed by atoms with Crippen LogP contribution in [0.5, 0.6) is 0 Å². The van der Waals surface area contributed by atoms with E-state index in [4.69, 9.17) is 19.4 Å². The molecule has 5 heterocycles. The van der Waals surface area contributed by atoms with Gasteiger partial charge in [0.2, 0.25) is 0 Å². The van der Waals surface area contributed by atoms with Gasteiger partial charge in [-0.05, 0) is 100 Å². The Morgan fingerprint density at radius 2 is 0.875 bits per heavy atom. The van der Waals surface area contributed by atoms with Gasteiger partial charge in [-0.25, -0.2) is 15.0 Å². The molecule has 0 saturated heterocycles. The lowest BCUT2D eigenvalue weighted by Crippen LogP contribution is -2.02. The Morgan fingerprint density at radius 3 is 1.60 bits per heavy atom. The summed E-state index contributed by atoms with van der Waals surface area (Å²) in [6, 6.07) is 80.2. The first-order valence-corrected chi connectivity index (χ1v) is 25.1. The highest BCUT2D eigenvalue weighted by Crippen LogP contribution is 2.46. The number of furan rings is 1. The summed E-state index contributed by atoms with van der Waals surface area (Å²) in [5, 5.41) is 13.7. The molecule has 0 fully saturated rings. The fourth-order valence-corrected chi connectivity index (χ4v) is 12.7. The molecule has 5 aromatic heterocycles. The number of nitrogens with zero attached hydrogens (tertiary/aromatic N) is 5. The minimum atomic E-state index is 0.533. The lowest BCUT2D eigenvalue weighted by atomic mass is 10.0. The predicted molar refractivity (Wildman–Crippen MR) is 300 cm³/mol. The maximum Gasteiger partial charge on any atom is 0.167 e. The molecule has 72 heavy (non-hydrogen) atoms. The van der Waals surface area contributed by atoms with Crippen molar-refractivity contribution in [1.82, 2.24) is 24.1 Å². The average Bonchev–Trinajstić information content (AvgIpc) is 4.19. The van der Waals surface area contributed by atoms with Crippen molar-refractivity contribution in [2.24, 2.45) is 0 Å². The van der Waals surface area contributed by atoms with Gasteiger partial charge in [-0.1, -0.05) is 146 Å². The zero-order valence-corrected chi connectivity index (χ0v) is 39.2. The molecule has 16 rings (SSSR count). The first-order chi connectivity index (χ1) is 35.7. The van der Waals surface area contributed by atoms with Crippen molar-refractivity contribution in [3.63, 3.8) is 0 Å². The van der Waals surface area contributed by atoms with Crippen molar-refractivity contribution in [2.75, 3.05) is 0 Å². The zero-order valence-electron chi connectivity index (χ0n) is 38.4. The fraction of sp³-hybridized carbons (Fsp3) is 0. The molecule has 0 saturated carbocycles. The Labute approximate surface area is 414 Å². The van der Waals surface area contributed by atoms with E-state index in [1.807, 2.05) is 6.07 Å². The molecular weight excluding hydrogens is 899 g/mol. The number of thiophene rings is 1. The van der Waals surface area contributed by atoms with Gasteiger partial charge < -0.3 is 13.6 Å². The SMILES string of the molecule is c1ccc(-n2c3ccccc3c3c(-c4nc(-c5ccc(-n6c7cc8ccccc8cc7c7cc8ccccc8cc76)c6c5oc5ccccc56)nc(-c5cccc6sc7ccccc7c56)n4)cccc32)cc1. The quantitative estimate of drug-likeness (QED) is 0.172. The summed E-state index contributed by atoms with van der Waals surface area (Å²) in [6.07, 6.45) is 0. The standard InChI is InChI=1S/C65H37N5OS/c1-2-20-42(21-3-1)69-51-27-11-8-22-43(51)59-46(25-14-28-52(59)69)63-66-64(47-26-15-31-58-60(47)45-24-10-13-30-57(45)72-58)68-65(67-63)48-32-33-53(61-44-23-9-12-29-56(44)71-62(48)61)70-54-36-40-18-6-4-16-38(40)34-49(54)50-35-39-17-5-7-19-41(39)37-55(50)70/h1-37H. The lowest BCUT2D eigenvalue weighted by Gasteiger charge is -2.14. The van der Waals surface area contributed by atoms with Crippen LogP contribution >= 0.6 is 11.3 Å². The van der Waals surface area contributed by atoms with E-state index in [-0.39, 0.29) is 0 Å². The molecule has 0 bridgehead atoms. The Balaban J connectivity index is 1.01. The van der Waals surface area contributed by atoms with Gasteiger partial charge in [0.1, 0.15) is 11.2 Å². The van der Waals surface area contributed by atoms with Gasteiger partial charge in [0.05, 0.1) is 38.7 Å². The van der Waals surface area contributed by atoms with Crippen molar-refractivity contribution in [3.05, 3.63) is 224 Å². The van der Waals surface area contributed by atoms with E-state index in [0.717, 1.165) is 82.6 Å². The van der Waals surface area contributed by atoms with Crippen LogP contribution < -0.4 is 0 Å². The second-order valence-electron chi connectivity index (χ2n) is 18.7. The maximum atomic E-state index is 7.11. The minimum absolute atomic E-state index is 0.533. The summed E-state index contributed by atoms with van der Waals surface area (Å²) >= 11 is 1.79. The van der Waals surface area contributed by atoms with Crippen LogP contribution in [0.3, 0.4) is 0 Å². The Kier molecular flexibility index (Phi) is 8.23. The van der Waals surface area contributed by atoms with Gasteiger partial charge in [-0.2, -0.15) is 0 Å². The van der Waals surface area contributed by atoms with Crippen molar-refractivity contribution in [3.8, 4) is 45.5 Å². The Bertz CT molecular complexity index is 4850. The Morgan fingerprint density at radius 1 is 0.333 bits per heavy atom. The second kappa shape index (κ2) is 15.0. The number of aromatic nitrogens is 5. The summed E-state index contributed by atoms with van der Waals surface area (Å²) in [6.45, 7) is 0. The van der Waals surface area contributed by atoms with Crippen LogP contribution in [0.4, 0.5) is 0 Å². The van der Waals surface area contributed by atoms with Crippen molar-refractivity contribution < 1.29 is 4.42 Å². The summed E-state index contributed by atoms with van der Waals surface area (Å²) in [7, 11) is 0. The number of para-hydroxylation sites is 3. The van der Waals surface area contributed by atoms with E-state index < -0.39 is 0 Å². The molecule has 0 aliphatic heterocycles. The normalized spacial score (nSPS) is 12.2. The van der Waals surface area contributed by atoms with Crippen LogP contribution in [0.2, 0.25) is 0 Å².